The molecule has 3 N–H and O–H groups in total. The van der Waals surface area contributed by atoms with E-state index in [1.807, 2.05) is 57.2 Å². The first-order chi connectivity index (χ1) is 15.1. The molecule has 1 aliphatic heterocycles. The van der Waals surface area contributed by atoms with Crippen molar-refractivity contribution in [1.82, 2.24) is 10.2 Å². The number of carbonyl (C=O) groups is 2. The van der Waals surface area contributed by atoms with Crippen molar-refractivity contribution in [3.8, 4) is 6.07 Å². The molecule has 2 atom stereocenters. The molecule has 32 heavy (non-hydrogen) atoms. The number of piperidine rings is 1. The molecule has 1 unspecified atom stereocenters. The number of hydrogen-bond acceptors (Lipinski definition) is 6. The van der Waals surface area contributed by atoms with E-state index in [1.165, 1.54) is 0 Å². The number of benzene rings is 1. The van der Waals surface area contributed by atoms with Gasteiger partial charge in [0.05, 0.1) is 12.0 Å². The summed E-state index contributed by atoms with van der Waals surface area (Å²) in [6, 6.07) is 10.8. The number of nitrogens with one attached hydrogen (secondary N) is 1. The van der Waals surface area contributed by atoms with E-state index in [0.717, 1.165) is 18.4 Å². The number of hydrogen-bond donors (Lipinski definition) is 3. The van der Waals surface area contributed by atoms with Crippen molar-refractivity contribution < 1.29 is 24.4 Å². The number of amides is 2. The van der Waals surface area contributed by atoms with E-state index in [4.69, 9.17) is 4.74 Å². The van der Waals surface area contributed by atoms with Crippen LogP contribution in [0, 0.1) is 16.7 Å². The molecule has 1 heterocycles. The highest BCUT2D eigenvalue weighted by molar-refractivity contribution is 6.43. The molecular formula is C23H32BN3O5. The quantitative estimate of drug-likeness (QED) is 0.339. The van der Waals surface area contributed by atoms with Gasteiger partial charge in [-0.2, -0.15) is 5.26 Å². The minimum Gasteiger partial charge on any atom is -0.447 e. The Kier molecular flexibility index (Phi) is 9.30. The predicted molar refractivity (Wildman–Crippen MR) is 121 cm³/mol. The Balaban J connectivity index is 1.99. The second-order valence-corrected chi connectivity index (χ2v) is 9.14. The van der Waals surface area contributed by atoms with Crippen molar-refractivity contribution in [2.24, 2.45) is 5.41 Å². The number of likely N-dealkylation sites (tertiary alicyclic amines) is 1. The summed E-state index contributed by atoms with van der Waals surface area (Å²) in [7, 11) is -1.75. The number of carbonyl (C=O) groups excluding carboxylic acids is 2. The molecule has 2 rings (SSSR count). The molecule has 1 fully saturated rings. The number of nitrogens with zero attached hydrogens (tertiary/aromatic N) is 2. The van der Waals surface area contributed by atoms with E-state index in [9.17, 15) is 24.9 Å². The summed E-state index contributed by atoms with van der Waals surface area (Å²) in [5.74, 6) is -1.29. The lowest BCUT2D eigenvalue weighted by molar-refractivity contribution is -0.131. The average molecular weight is 441 g/mol. The minimum atomic E-state index is -1.75. The molecule has 0 aliphatic carbocycles. The molecule has 9 heteroatoms. The highest BCUT2D eigenvalue weighted by Crippen LogP contribution is 2.23. The van der Waals surface area contributed by atoms with Gasteiger partial charge in [0.2, 0.25) is 0 Å². The van der Waals surface area contributed by atoms with Crippen LogP contribution in [0.4, 0.5) is 4.79 Å². The van der Waals surface area contributed by atoms with Crippen molar-refractivity contribution in [3.05, 3.63) is 47.5 Å². The molecule has 0 aromatic heterocycles. The summed E-state index contributed by atoms with van der Waals surface area (Å²) in [6.07, 6.45) is 3.46. The summed E-state index contributed by atoms with van der Waals surface area (Å²) < 4.78 is 5.33. The SMILES string of the molecule is CC(C)(C)/C=C(\C#N)C(=O)N1CCCC[C@H]1COC(=O)NC(Cc1ccccc1)B(O)O. The predicted octanol–water partition coefficient (Wildman–Crippen LogP) is 2.21. The van der Waals surface area contributed by atoms with E-state index in [-0.39, 0.29) is 36.0 Å². The molecular weight excluding hydrogens is 409 g/mol. The maximum absolute atomic E-state index is 12.9. The zero-order valence-corrected chi connectivity index (χ0v) is 19.0. The third-order valence-corrected chi connectivity index (χ3v) is 5.18. The van der Waals surface area contributed by atoms with Gasteiger partial charge in [0.1, 0.15) is 18.2 Å². The molecule has 8 nitrogen and oxygen atoms in total. The first kappa shape index (κ1) is 25.4. The van der Waals surface area contributed by atoms with Gasteiger partial charge in [-0.25, -0.2) is 4.79 Å². The number of alkyl carbamates (subject to hydrolysis) is 1. The lowest BCUT2D eigenvalue weighted by Crippen LogP contribution is -2.50. The fourth-order valence-corrected chi connectivity index (χ4v) is 3.63. The number of allylic oxidation sites excluding steroid dienone is 1. The van der Waals surface area contributed by atoms with E-state index in [1.54, 1.807) is 11.0 Å². The zero-order chi connectivity index (χ0) is 23.7. The topological polar surface area (TPSA) is 123 Å². The highest BCUT2D eigenvalue weighted by Gasteiger charge is 2.31. The monoisotopic (exact) mass is 441 g/mol. The lowest BCUT2D eigenvalue weighted by Gasteiger charge is -2.35. The van der Waals surface area contributed by atoms with Gasteiger partial charge in [-0.15, -0.1) is 0 Å². The van der Waals surface area contributed by atoms with E-state index in [2.05, 4.69) is 5.32 Å². The maximum Gasteiger partial charge on any atom is 0.475 e. The normalized spacial score (nSPS) is 17.8. The van der Waals surface area contributed by atoms with Crippen LogP contribution in [-0.4, -0.2) is 59.2 Å². The van der Waals surface area contributed by atoms with Crippen LogP contribution < -0.4 is 5.32 Å². The maximum atomic E-state index is 12.9. The summed E-state index contributed by atoms with van der Waals surface area (Å²) in [5.41, 5.74) is 0.603. The minimum absolute atomic E-state index is 0.0363. The van der Waals surface area contributed by atoms with Gasteiger partial charge in [-0.1, -0.05) is 57.2 Å². The van der Waals surface area contributed by atoms with Crippen LogP contribution in [-0.2, 0) is 16.0 Å². The Morgan fingerprint density at radius 2 is 2.00 bits per heavy atom. The average Bonchev–Trinajstić information content (AvgIpc) is 2.75. The zero-order valence-electron chi connectivity index (χ0n) is 19.0. The van der Waals surface area contributed by atoms with Gasteiger partial charge in [-0.3, -0.25) is 4.79 Å². The molecule has 0 bridgehead atoms. The Labute approximate surface area is 190 Å². The van der Waals surface area contributed by atoms with Crippen LogP contribution in [0.2, 0.25) is 0 Å². The van der Waals surface area contributed by atoms with Gasteiger partial charge in [0, 0.05) is 6.54 Å². The van der Waals surface area contributed by atoms with E-state index < -0.39 is 19.2 Å². The van der Waals surface area contributed by atoms with Crippen LogP contribution in [0.1, 0.15) is 45.6 Å². The second kappa shape index (κ2) is 11.7. The molecule has 0 radical (unpaired) electrons. The van der Waals surface area contributed by atoms with Crippen molar-refractivity contribution >= 4 is 19.1 Å². The van der Waals surface area contributed by atoms with Crippen molar-refractivity contribution in [1.29, 1.82) is 5.26 Å². The molecule has 1 aromatic carbocycles. The van der Waals surface area contributed by atoms with Gasteiger partial charge in [0.25, 0.3) is 5.91 Å². The van der Waals surface area contributed by atoms with Crippen molar-refractivity contribution in [3.63, 3.8) is 0 Å². The molecule has 0 saturated carbocycles. The summed E-state index contributed by atoms with van der Waals surface area (Å²) in [6.45, 7) is 6.20. The largest absolute Gasteiger partial charge is 0.475 e. The number of rotatable bonds is 7. The fourth-order valence-electron chi connectivity index (χ4n) is 3.63. The van der Waals surface area contributed by atoms with Crippen LogP contribution in [0.15, 0.2) is 42.0 Å². The van der Waals surface area contributed by atoms with Crippen molar-refractivity contribution in [2.75, 3.05) is 13.2 Å². The molecule has 172 valence electrons. The Bertz CT molecular complexity index is 845. The number of nitriles is 1. The summed E-state index contributed by atoms with van der Waals surface area (Å²) in [4.78, 5) is 26.9. The van der Waals surface area contributed by atoms with Crippen molar-refractivity contribution in [2.45, 2.75) is 58.4 Å². The van der Waals surface area contributed by atoms with Crippen LogP contribution in [0.3, 0.4) is 0 Å². The standard InChI is InChI=1S/C23H32BN3O5/c1-23(2,3)14-18(15-25)21(28)27-12-8-7-11-19(27)16-32-22(29)26-20(24(30)31)13-17-9-5-4-6-10-17/h4-6,9-10,14,19-20,30-31H,7-8,11-13,16H2,1-3H3,(H,26,29)/b18-14+/t19-,20?/m0/s1. The van der Waals surface area contributed by atoms with Gasteiger partial charge >= 0.3 is 13.2 Å². The second-order valence-electron chi connectivity index (χ2n) is 9.14. The molecule has 1 aliphatic rings. The Hall–Kier alpha value is -2.83. The fraction of sp³-hybridized carbons (Fsp3) is 0.522. The highest BCUT2D eigenvalue weighted by atomic mass is 16.5. The molecule has 1 saturated heterocycles. The van der Waals surface area contributed by atoms with E-state index >= 15 is 0 Å². The summed E-state index contributed by atoms with van der Waals surface area (Å²) in [5, 5.41) is 31.2. The third-order valence-electron chi connectivity index (χ3n) is 5.18. The number of ether oxygens (including phenoxy) is 1. The van der Waals surface area contributed by atoms with Gasteiger partial charge in [0.15, 0.2) is 0 Å². The van der Waals surface area contributed by atoms with Gasteiger partial charge < -0.3 is 25.0 Å². The van der Waals surface area contributed by atoms with E-state index in [0.29, 0.717) is 13.0 Å². The van der Waals surface area contributed by atoms with Crippen LogP contribution >= 0.6 is 0 Å². The Morgan fingerprint density at radius 1 is 1.31 bits per heavy atom. The summed E-state index contributed by atoms with van der Waals surface area (Å²) >= 11 is 0. The Morgan fingerprint density at radius 3 is 2.59 bits per heavy atom. The van der Waals surface area contributed by atoms with Gasteiger partial charge in [-0.05, 0) is 36.7 Å². The van der Waals surface area contributed by atoms with Crippen LogP contribution in [0.25, 0.3) is 0 Å². The lowest BCUT2D eigenvalue weighted by atomic mass is 9.76. The first-order valence-corrected chi connectivity index (χ1v) is 10.9. The first-order valence-electron chi connectivity index (χ1n) is 10.9. The van der Waals surface area contributed by atoms with Crippen LogP contribution in [0.5, 0.6) is 0 Å². The molecule has 1 aromatic rings. The molecule has 0 spiro atoms. The smallest absolute Gasteiger partial charge is 0.447 e. The molecule has 2 amide bonds. The third kappa shape index (κ3) is 8.02.